The zero-order chi connectivity index (χ0) is 12.2. The fraction of sp³-hybridized carbons (Fsp3) is 0.636. The molecule has 0 radical (unpaired) electrons. The van der Waals surface area contributed by atoms with Gasteiger partial charge in [-0.1, -0.05) is 13.8 Å². The van der Waals surface area contributed by atoms with Crippen molar-refractivity contribution in [2.45, 2.75) is 45.7 Å². The minimum Gasteiger partial charge on any atom is -0.480 e. The van der Waals surface area contributed by atoms with E-state index in [2.05, 4.69) is 10.3 Å². The highest BCUT2D eigenvalue weighted by Crippen LogP contribution is 2.17. The second-order valence-corrected chi connectivity index (χ2v) is 3.80. The Balaban J connectivity index is 2.71. The van der Waals surface area contributed by atoms with Crippen LogP contribution in [-0.2, 0) is 11.3 Å². The lowest BCUT2D eigenvalue weighted by atomic mass is 9.93. The van der Waals surface area contributed by atoms with E-state index in [1.54, 1.807) is 0 Å². The third-order valence-electron chi connectivity index (χ3n) is 3.06. The lowest BCUT2D eigenvalue weighted by Crippen LogP contribution is -2.50. The van der Waals surface area contributed by atoms with Crippen LogP contribution in [0.15, 0.2) is 10.8 Å². The maximum Gasteiger partial charge on any atom is 0.323 e. The molecule has 90 valence electrons. The fourth-order valence-electron chi connectivity index (χ4n) is 1.63. The monoisotopic (exact) mass is 226 g/mol. The van der Waals surface area contributed by atoms with Crippen LogP contribution in [-0.4, -0.2) is 21.6 Å². The first-order valence-corrected chi connectivity index (χ1v) is 5.43. The van der Waals surface area contributed by atoms with Crippen molar-refractivity contribution < 1.29 is 14.3 Å². The van der Waals surface area contributed by atoms with E-state index in [1.807, 2.05) is 20.8 Å². The summed E-state index contributed by atoms with van der Waals surface area (Å²) in [7, 11) is 0. The number of nitrogens with one attached hydrogen (secondary N) is 1. The van der Waals surface area contributed by atoms with Crippen LogP contribution >= 0.6 is 0 Å². The molecule has 1 aromatic rings. The van der Waals surface area contributed by atoms with Crippen LogP contribution in [0.3, 0.4) is 0 Å². The number of hydrogen-bond acceptors (Lipinski definition) is 4. The number of aryl methyl sites for hydroxylation is 1. The molecule has 5 heteroatoms. The summed E-state index contributed by atoms with van der Waals surface area (Å²) < 4.78 is 5.06. The number of oxazole rings is 1. The summed E-state index contributed by atoms with van der Waals surface area (Å²) in [5, 5.41) is 12.3. The van der Waals surface area contributed by atoms with E-state index >= 15 is 0 Å². The molecule has 2 N–H and O–H groups in total. The molecule has 0 aromatic carbocycles. The lowest BCUT2D eigenvalue weighted by Gasteiger charge is -2.27. The Hall–Kier alpha value is -1.36. The quantitative estimate of drug-likeness (QED) is 0.772. The number of aromatic nitrogens is 1. The number of carbonyl (C=O) groups is 1. The Labute approximate surface area is 94.9 Å². The highest BCUT2D eigenvalue weighted by Gasteiger charge is 2.34. The van der Waals surface area contributed by atoms with Gasteiger partial charge in [0.2, 0.25) is 0 Å². The zero-order valence-electron chi connectivity index (χ0n) is 9.91. The first-order chi connectivity index (χ1) is 7.55. The van der Waals surface area contributed by atoms with Crippen LogP contribution in [0.5, 0.6) is 0 Å². The van der Waals surface area contributed by atoms with Crippen LogP contribution in [0, 0.1) is 6.92 Å². The van der Waals surface area contributed by atoms with Gasteiger partial charge >= 0.3 is 5.97 Å². The van der Waals surface area contributed by atoms with Gasteiger partial charge in [0.1, 0.15) is 11.3 Å². The third-order valence-corrected chi connectivity index (χ3v) is 3.06. The molecule has 5 nitrogen and oxygen atoms in total. The van der Waals surface area contributed by atoms with Crippen LogP contribution < -0.4 is 5.32 Å². The van der Waals surface area contributed by atoms with Crippen molar-refractivity contribution in [3.63, 3.8) is 0 Å². The number of rotatable bonds is 6. The second-order valence-electron chi connectivity index (χ2n) is 3.80. The molecule has 0 aliphatic heterocycles. The number of hydrogen-bond donors (Lipinski definition) is 2. The topological polar surface area (TPSA) is 75.4 Å². The summed E-state index contributed by atoms with van der Waals surface area (Å²) in [4.78, 5) is 15.2. The van der Waals surface area contributed by atoms with Crippen molar-refractivity contribution in [3.8, 4) is 0 Å². The van der Waals surface area contributed by atoms with Crippen molar-refractivity contribution in [1.29, 1.82) is 0 Å². The number of carboxylic acid groups (broad SMARTS) is 1. The van der Waals surface area contributed by atoms with Gasteiger partial charge < -0.3 is 9.52 Å². The minimum absolute atomic E-state index is 0.413. The van der Waals surface area contributed by atoms with E-state index in [1.165, 1.54) is 6.39 Å². The molecule has 1 heterocycles. The molecule has 0 atom stereocenters. The van der Waals surface area contributed by atoms with Crippen molar-refractivity contribution in [2.75, 3.05) is 0 Å². The van der Waals surface area contributed by atoms with E-state index in [0.29, 0.717) is 19.4 Å². The van der Waals surface area contributed by atoms with Crippen LogP contribution in [0.2, 0.25) is 0 Å². The Kier molecular flexibility index (Phi) is 4.06. The van der Waals surface area contributed by atoms with Crippen molar-refractivity contribution in [3.05, 3.63) is 17.8 Å². The van der Waals surface area contributed by atoms with E-state index in [-0.39, 0.29) is 0 Å². The Morgan fingerprint density at radius 1 is 1.56 bits per heavy atom. The molecule has 0 aliphatic rings. The summed E-state index contributed by atoms with van der Waals surface area (Å²) in [6.07, 6.45) is 2.44. The number of nitrogens with zero attached hydrogens (tertiary/aromatic N) is 1. The minimum atomic E-state index is -0.870. The van der Waals surface area contributed by atoms with Gasteiger partial charge in [0.05, 0.1) is 5.69 Å². The maximum absolute atomic E-state index is 11.2. The summed E-state index contributed by atoms with van der Waals surface area (Å²) in [5.74, 6) is -0.0994. The van der Waals surface area contributed by atoms with E-state index in [9.17, 15) is 9.90 Å². The molecule has 1 aromatic heterocycles. The van der Waals surface area contributed by atoms with Crippen LogP contribution in [0.25, 0.3) is 0 Å². The molecule has 0 unspecified atom stereocenters. The first-order valence-electron chi connectivity index (χ1n) is 5.43. The normalized spacial score (nSPS) is 11.7. The van der Waals surface area contributed by atoms with Gasteiger partial charge in [-0.15, -0.1) is 0 Å². The number of carboxylic acids is 1. The van der Waals surface area contributed by atoms with E-state index in [4.69, 9.17) is 4.42 Å². The summed E-state index contributed by atoms with van der Waals surface area (Å²) in [6.45, 7) is 5.95. The summed E-state index contributed by atoms with van der Waals surface area (Å²) >= 11 is 0. The lowest BCUT2D eigenvalue weighted by molar-refractivity contribution is -0.145. The maximum atomic E-state index is 11.2. The molecule has 0 fully saturated rings. The SMILES string of the molecule is CCC(CC)(NCc1ncoc1C)C(=O)O. The summed E-state index contributed by atoms with van der Waals surface area (Å²) in [5.41, 5.74) is -0.113. The van der Waals surface area contributed by atoms with Gasteiger partial charge in [0, 0.05) is 6.54 Å². The van der Waals surface area contributed by atoms with E-state index < -0.39 is 11.5 Å². The predicted molar refractivity (Wildman–Crippen MR) is 59.0 cm³/mol. The molecule has 0 saturated carbocycles. The Bertz CT molecular complexity index is 356. The van der Waals surface area contributed by atoms with E-state index in [0.717, 1.165) is 11.5 Å². The largest absolute Gasteiger partial charge is 0.480 e. The predicted octanol–water partition coefficient (Wildman–Crippen LogP) is 1.72. The Morgan fingerprint density at radius 2 is 2.19 bits per heavy atom. The first kappa shape index (κ1) is 12.7. The molecule has 0 bridgehead atoms. The van der Waals surface area contributed by atoms with Gasteiger partial charge in [-0.05, 0) is 19.8 Å². The molecular weight excluding hydrogens is 208 g/mol. The van der Waals surface area contributed by atoms with Gasteiger partial charge in [0.25, 0.3) is 0 Å². The molecule has 0 amide bonds. The highest BCUT2D eigenvalue weighted by molar-refractivity contribution is 5.78. The third kappa shape index (κ3) is 2.41. The van der Waals surface area contributed by atoms with Crippen molar-refractivity contribution in [1.82, 2.24) is 10.3 Å². The molecule has 1 rings (SSSR count). The molecule has 0 saturated heterocycles. The standard InChI is InChI=1S/C11H18N2O3/c1-4-11(5-2,10(14)15)13-6-9-8(3)16-7-12-9/h7,13H,4-6H2,1-3H3,(H,14,15). The summed E-state index contributed by atoms with van der Waals surface area (Å²) in [6, 6.07) is 0. The van der Waals surface area contributed by atoms with Crippen molar-refractivity contribution in [2.24, 2.45) is 0 Å². The second kappa shape index (κ2) is 5.12. The van der Waals surface area contributed by atoms with Gasteiger partial charge in [-0.2, -0.15) is 0 Å². The fourth-order valence-corrected chi connectivity index (χ4v) is 1.63. The van der Waals surface area contributed by atoms with Crippen LogP contribution in [0.1, 0.15) is 38.1 Å². The molecule has 0 spiro atoms. The van der Waals surface area contributed by atoms with Gasteiger partial charge in [0.15, 0.2) is 6.39 Å². The van der Waals surface area contributed by atoms with Crippen molar-refractivity contribution >= 4 is 5.97 Å². The average molecular weight is 226 g/mol. The highest BCUT2D eigenvalue weighted by atomic mass is 16.4. The molecule has 0 aliphatic carbocycles. The van der Waals surface area contributed by atoms with Gasteiger partial charge in [-0.25, -0.2) is 4.98 Å². The smallest absolute Gasteiger partial charge is 0.323 e. The molecular formula is C11H18N2O3. The average Bonchev–Trinajstić information content (AvgIpc) is 2.66. The zero-order valence-corrected chi connectivity index (χ0v) is 9.91. The Morgan fingerprint density at radius 3 is 2.56 bits per heavy atom. The molecule has 16 heavy (non-hydrogen) atoms. The van der Waals surface area contributed by atoms with Gasteiger partial charge in [-0.3, -0.25) is 10.1 Å². The number of aliphatic carboxylic acids is 1. The van der Waals surface area contributed by atoms with Crippen LogP contribution in [0.4, 0.5) is 0 Å².